The SMILES string of the molecule is CC1NS(=O)(=O)N(C)C1=O. The summed E-state index contributed by atoms with van der Waals surface area (Å²) in [7, 11) is -2.26. The molecule has 5 nitrogen and oxygen atoms in total. The minimum absolute atomic E-state index is 0.417. The molecule has 1 atom stereocenters. The summed E-state index contributed by atoms with van der Waals surface area (Å²) in [6, 6.07) is -0.616. The highest BCUT2D eigenvalue weighted by Gasteiger charge is 2.37. The molecule has 1 N–H and O–H groups in total. The van der Waals surface area contributed by atoms with Crippen LogP contribution in [0.1, 0.15) is 6.92 Å². The molecule has 1 aliphatic rings. The van der Waals surface area contributed by atoms with Gasteiger partial charge >= 0.3 is 10.2 Å². The van der Waals surface area contributed by atoms with Gasteiger partial charge in [0.2, 0.25) is 0 Å². The van der Waals surface area contributed by atoms with Crippen LogP contribution in [0.3, 0.4) is 0 Å². The summed E-state index contributed by atoms with van der Waals surface area (Å²) in [6.45, 7) is 1.50. The predicted molar refractivity (Wildman–Crippen MR) is 34.3 cm³/mol. The lowest BCUT2D eigenvalue weighted by Gasteiger charge is -2.03. The average Bonchev–Trinajstić information content (AvgIpc) is 1.95. The van der Waals surface area contributed by atoms with E-state index in [1.165, 1.54) is 14.0 Å². The van der Waals surface area contributed by atoms with Crippen molar-refractivity contribution in [3.05, 3.63) is 0 Å². The quantitative estimate of drug-likeness (QED) is 0.483. The number of nitrogens with zero attached hydrogens (tertiary/aromatic N) is 1. The van der Waals surface area contributed by atoms with E-state index in [-0.39, 0.29) is 0 Å². The Morgan fingerprint density at radius 2 is 2.10 bits per heavy atom. The van der Waals surface area contributed by atoms with Crippen molar-refractivity contribution in [1.82, 2.24) is 9.03 Å². The summed E-state index contributed by atoms with van der Waals surface area (Å²) < 4.78 is 24.4. The molecule has 1 heterocycles. The molecule has 1 fully saturated rings. The summed E-state index contributed by atoms with van der Waals surface area (Å²) >= 11 is 0. The van der Waals surface area contributed by atoms with Crippen LogP contribution in [-0.2, 0) is 15.0 Å². The number of hydrogen-bond donors (Lipinski definition) is 1. The molecule has 10 heavy (non-hydrogen) atoms. The molecule has 1 rings (SSSR count). The van der Waals surface area contributed by atoms with E-state index in [0.717, 1.165) is 0 Å². The fraction of sp³-hybridized carbons (Fsp3) is 0.750. The number of nitrogens with one attached hydrogen (secondary N) is 1. The molecule has 6 heteroatoms. The van der Waals surface area contributed by atoms with Crippen LogP contribution < -0.4 is 4.72 Å². The topological polar surface area (TPSA) is 66.5 Å². The number of rotatable bonds is 0. The first kappa shape index (κ1) is 7.49. The van der Waals surface area contributed by atoms with Crippen LogP contribution >= 0.6 is 0 Å². The van der Waals surface area contributed by atoms with E-state index in [4.69, 9.17) is 0 Å². The maximum absolute atomic E-state index is 10.8. The van der Waals surface area contributed by atoms with Crippen LogP contribution in [0, 0.1) is 0 Å². The van der Waals surface area contributed by atoms with Crippen molar-refractivity contribution in [3.8, 4) is 0 Å². The van der Waals surface area contributed by atoms with E-state index in [1.54, 1.807) is 0 Å². The van der Waals surface area contributed by atoms with Crippen LogP contribution in [0.2, 0.25) is 0 Å². The Morgan fingerprint density at radius 1 is 1.60 bits per heavy atom. The van der Waals surface area contributed by atoms with E-state index < -0.39 is 22.2 Å². The molecular weight excluding hydrogens is 156 g/mol. The monoisotopic (exact) mass is 164 g/mol. The highest BCUT2D eigenvalue weighted by molar-refractivity contribution is 7.88. The van der Waals surface area contributed by atoms with E-state index in [2.05, 4.69) is 4.72 Å². The van der Waals surface area contributed by atoms with E-state index in [9.17, 15) is 13.2 Å². The molecule has 58 valence electrons. The minimum atomic E-state index is -3.49. The molecule has 0 aromatic carbocycles. The average molecular weight is 164 g/mol. The second-order valence-corrected chi connectivity index (χ2v) is 3.88. The van der Waals surface area contributed by atoms with Crippen molar-refractivity contribution >= 4 is 16.1 Å². The lowest BCUT2D eigenvalue weighted by molar-refractivity contribution is -0.125. The Morgan fingerprint density at radius 3 is 2.20 bits per heavy atom. The van der Waals surface area contributed by atoms with Crippen molar-refractivity contribution in [2.45, 2.75) is 13.0 Å². The molecule has 1 amide bonds. The summed E-state index contributed by atoms with van der Waals surface area (Å²) in [5.74, 6) is -0.417. The van der Waals surface area contributed by atoms with Crippen LogP contribution in [-0.4, -0.2) is 31.7 Å². The minimum Gasteiger partial charge on any atom is -0.272 e. The number of carbonyl (C=O) groups is 1. The Hall–Kier alpha value is -0.620. The van der Waals surface area contributed by atoms with Crippen molar-refractivity contribution < 1.29 is 13.2 Å². The summed E-state index contributed by atoms with van der Waals surface area (Å²) in [5, 5.41) is 0. The van der Waals surface area contributed by atoms with Gasteiger partial charge in [0.15, 0.2) is 0 Å². The van der Waals surface area contributed by atoms with Gasteiger partial charge in [-0.3, -0.25) is 4.79 Å². The molecule has 1 aliphatic heterocycles. The van der Waals surface area contributed by atoms with Crippen LogP contribution in [0.5, 0.6) is 0 Å². The Bertz CT molecular complexity index is 258. The molecular formula is C4H8N2O3S. The van der Waals surface area contributed by atoms with Crippen LogP contribution in [0.25, 0.3) is 0 Å². The van der Waals surface area contributed by atoms with Gasteiger partial charge in [-0.2, -0.15) is 13.1 Å². The zero-order chi connectivity index (χ0) is 7.94. The first-order valence-corrected chi connectivity index (χ1v) is 4.19. The van der Waals surface area contributed by atoms with Gasteiger partial charge in [0.1, 0.15) is 6.04 Å². The van der Waals surface area contributed by atoms with Gasteiger partial charge in [-0.15, -0.1) is 0 Å². The van der Waals surface area contributed by atoms with Crippen molar-refractivity contribution in [1.29, 1.82) is 0 Å². The second kappa shape index (κ2) is 1.93. The molecule has 0 radical (unpaired) electrons. The molecule has 0 aliphatic carbocycles. The lowest BCUT2D eigenvalue weighted by atomic mass is 10.3. The maximum atomic E-state index is 10.8. The maximum Gasteiger partial charge on any atom is 0.304 e. The zero-order valence-electron chi connectivity index (χ0n) is 5.66. The molecule has 1 unspecified atom stereocenters. The standard InChI is InChI=1S/C4H8N2O3S/c1-3-4(7)6(2)10(8,9)5-3/h3,5H,1-2H3. The van der Waals surface area contributed by atoms with E-state index >= 15 is 0 Å². The fourth-order valence-electron chi connectivity index (χ4n) is 0.744. The normalized spacial score (nSPS) is 31.2. The zero-order valence-corrected chi connectivity index (χ0v) is 6.47. The van der Waals surface area contributed by atoms with E-state index in [1.807, 2.05) is 0 Å². The van der Waals surface area contributed by atoms with Gasteiger partial charge in [0.25, 0.3) is 5.91 Å². The van der Waals surface area contributed by atoms with Crippen molar-refractivity contribution in [3.63, 3.8) is 0 Å². The Balaban J connectivity index is 3.04. The summed E-state index contributed by atoms with van der Waals surface area (Å²) in [5.41, 5.74) is 0. The molecule has 0 aromatic rings. The summed E-state index contributed by atoms with van der Waals surface area (Å²) in [6.07, 6.45) is 0. The smallest absolute Gasteiger partial charge is 0.272 e. The molecule has 0 aromatic heterocycles. The van der Waals surface area contributed by atoms with Gasteiger partial charge in [-0.1, -0.05) is 0 Å². The Labute approximate surface area is 59.2 Å². The first-order valence-electron chi connectivity index (χ1n) is 2.75. The largest absolute Gasteiger partial charge is 0.304 e. The third-order valence-electron chi connectivity index (χ3n) is 1.37. The third-order valence-corrected chi connectivity index (χ3v) is 2.92. The number of carbonyl (C=O) groups excluding carboxylic acids is 1. The van der Waals surface area contributed by atoms with Crippen molar-refractivity contribution in [2.75, 3.05) is 7.05 Å². The number of hydrogen-bond acceptors (Lipinski definition) is 3. The first-order chi connectivity index (χ1) is 4.45. The fourth-order valence-corrected chi connectivity index (χ4v) is 1.84. The predicted octanol–water partition coefficient (Wildman–Crippen LogP) is -1.32. The van der Waals surface area contributed by atoms with Crippen molar-refractivity contribution in [2.24, 2.45) is 0 Å². The van der Waals surface area contributed by atoms with E-state index in [0.29, 0.717) is 4.31 Å². The van der Waals surface area contributed by atoms with Gasteiger partial charge in [-0.25, -0.2) is 4.31 Å². The number of amides is 1. The van der Waals surface area contributed by atoms with Crippen LogP contribution in [0.15, 0.2) is 0 Å². The number of likely N-dealkylation sites (N-methyl/N-ethyl adjacent to an activating group) is 1. The van der Waals surface area contributed by atoms with Gasteiger partial charge < -0.3 is 0 Å². The molecule has 0 spiro atoms. The Kier molecular flexibility index (Phi) is 1.44. The molecule has 0 saturated carbocycles. The molecule has 1 saturated heterocycles. The van der Waals surface area contributed by atoms with Crippen LogP contribution in [0.4, 0.5) is 0 Å². The summed E-state index contributed by atoms with van der Waals surface area (Å²) in [4.78, 5) is 10.8. The van der Waals surface area contributed by atoms with Gasteiger partial charge in [-0.05, 0) is 6.92 Å². The van der Waals surface area contributed by atoms with Gasteiger partial charge in [0, 0.05) is 7.05 Å². The highest BCUT2D eigenvalue weighted by atomic mass is 32.2. The lowest BCUT2D eigenvalue weighted by Crippen LogP contribution is -2.27. The second-order valence-electron chi connectivity index (χ2n) is 2.15. The third kappa shape index (κ3) is 0.889. The van der Waals surface area contributed by atoms with Gasteiger partial charge in [0.05, 0.1) is 0 Å². The highest BCUT2D eigenvalue weighted by Crippen LogP contribution is 2.07. The molecule has 0 bridgehead atoms.